The van der Waals surface area contributed by atoms with Crippen molar-refractivity contribution in [1.29, 1.82) is 0 Å². The van der Waals surface area contributed by atoms with Crippen LogP contribution in [0, 0.1) is 0 Å². The van der Waals surface area contributed by atoms with Crippen molar-refractivity contribution in [2.45, 2.75) is 12.2 Å². The maximum Gasteiger partial charge on any atom is 0.142 e. The number of nitrogen functional groups attached to an aromatic ring is 1. The number of hydrogen-bond donors (Lipinski definition) is 4. The second-order valence-electron chi connectivity index (χ2n) is 3.20. The predicted molar refractivity (Wildman–Crippen MR) is 55.5 cm³/mol. The molecule has 0 fully saturated rings. The summed E-state index contributed by atoms with van der Waals surface area (Å²) in [5, 5.41) is 27.5. The fraction of sp³-hybridized carbons (Fsp3) is 0.400. The van der Waals surface area contributed by atoms with E-state index in [1.54, 1.807) is 12.1 Å². The summed E-state index contributed by atoms with van der Waals surface area (Å²) >= 11 is 0. The molecule has 15 heavy (non-hydrogen) atoms. The van der Waals surface area contributed by atoms with Crippen molar-refractivity contribution in [3.05, 3.63) is 23.8 Å². The van der Waals surface area contributed by atoms with Crippen molar-refractivity contribution in [2.24, 2.45) is 0 Å². The van der Waals surface area contributed by atoms with Crippen LogP contribution in [0.5, 0.6) is 5.75 Å². The molecule has 5 N–H and O–H groups in total. The highest BCUT2D eigenvalue weighted by Gasteiger charge is 2.18. The van der Waals surface area contributed by atoms with Gasteiger partial charge in [-0.25, -0.2) is 0 Å². The Morgan fingerprint density at radius 1 is 1.40 bits per heavy atom. The lowest BCUT2D eigenvalue weighted by Gasteiger charge is -2.17. The minimum Gasteiger partial charge on any atom is -0.495 e. The Morgan fingerprint density at radius 2 is 2.07 bits per heavy atom. The van der Waals surface area contributed by atoms with Crippen LogP contribution in [0.25, 0.3) is 0 Å². The van der Waals surface area contributed by atoms with E-state index < -0.39 is 18.8 Å². The standard InChI is InChI=1S/C10H15NO4/c1-15-9-4-6(2-3-7(9)11)10(14)8(13)5-12/h2-4,8,10,12-14H,5,11H2,1H3. The van der Waals surface area contributed by atoms with E-state index in [0.29, 0.717) is 17.0 Å². The summed E-state index contributed by atoms with van der Waals surface area (Å²) in [5.41, 5.74) is 6.49. The number of ether oxygens (including phenoxy) is 1. The molecular formula is C10H15NO4. The zero-order valence-corrected chi connectivity index (χ0v) is 8.42. The van der Waals surface area contributed by atoms with Crippen molar-refractivity contribution in [3.63, 3.8) is 0 Å². The second kappa shape index (κ2) is 4.97. The van der Waals surface area contributed by atoms with Crippen LogP contribution in [0.2, 0.25) is 0 Å². The second-order valence-corrected chi connectivity index (χ2v) is 3.20. The quantitative estimate of drug-likeness (QED) is 0.513. The van der Waals surface area contributed by atoms with E-state index in [2.05, 4.69) is 0 Å². The van der Waals surface area contributed by atoms with Gasteiger partial charge in [0.2, 0.25) is 0 Å². The molecule has 0 bridgehead atoms. The van der Waals surface area contributed by atoms with E-state index in [4.69, 9.17) is 15.6 Å². The van der Waals surface area contributed by atoms with Gasteiger partial charge in [0, 0.05) is 0 Å². The monoisotopic (exact) mass is 213 g/mol. The maximum absolute atomic E-state index is 9.59. The van der Waals surface area contributed by atoms with E-state index in [1.807, 2.05) is 0 Å². The van der Waals surface area contributed by atoms with Crippen LogP contribution in [0.3, 0.4) is 0 Å². The number of methoxy groups -OCH3 is 1. The first-order chi connectivity index (χ1) is 7.10. The normalized spacial score (nSPS) is 14.7. The van der Waals surface area contributed by atoms with Crippen molar-refractivity contribution in [3.8, 4) is 5.75 Å². The van der Waals surface area contributed by atoms with E-state index >= 15 is 0 Å². The highest BCUT2D eigenvalue weighted by molar-refractivity contribution is 5.54. The summed E-state index contributed by atoms with van der Waals surface area (Å²) < 4.78 is 4.97. The number of benzene rings is 1. The Hall–Kier alpha value is -1.30. The molecule has 5 nitrogen and oxygen atoms in total. The Kier molecular flexibility index (Phi) is 3.90. The lowest BCUT2D eigenvalue weighted by atomic mass is 10.0. The first-order valence-corrected chi connectivity index (χ1v) is 4.50. The molecule has 0 amide bonds. The molecular weight excluding hydrogens is 198 g/mol. The summed E-state index contributed by atoms with van der Waals surface area (Å²) in [5.74, 6) is 0.427. The van der Waals surface area contributed by atoms with Gasteiger partial charge in [0.25, 0.3) is 0 Å². The smallest absolute Gasteiger partial charge is 0.142 e. The van der Waals surface area contributed by atoms with Crippen molar-refractivity contribution in [2.75, 3.05) is 19.5 Å². The number of hydrogen-bond acceptors (Lipinski definition) is 5. The van der Waals surface area contributed by atoms with Crippen molar-refractivity contribution >= 4 is 5.69 Å². The highest BCUT2D eigenvalue weighted by Crippen LogP contribution is 2.26. The van der Waals surface area contributed by atoms with Crippen molar-refractivity contribution < 1.29 is 20.1 Å². The summed E-state index contributed by atoms with van der Waals surface area (Å²) in [7, 11) is 1.46. The molecule has 0 aliphatic heterocycles. The molecule has 84 valence electrons. The number of anilines is 1. The van der Waals surface area contributed by atoms with Gasteiger partial charge in [0.15, 0.2) is 0 Å². The van der Waals surface area contributed by atoms with Gasteiger partial charge in [-0.15, -0.1) is 0 Å². The molecule has 1 aromatic carbocycles. The maximum atomic E-state index is 9.59. The Balaban J connectivity index is 2.95. The van der Waals surface area contributed by atoms with E-state index in [9.17, 15) is 10.2 Å². The van der Waals surface area contributed by atoms with Gasteiger partial charge in [-0.3, -0.25) is 0 Å². The minimum atomic E-state index is -1.21. The molecule has 2 unspecified atom stereocenters. The molecule has 1 rings (SSSR count). The molecule has 0 heterocycles. The molecule has 0 aliphatic rings. The molecule has 0 aromatic heterocycles. The van der Waals surface area contributed by atoms with Crippen molar-refractivity contribution in [1.82, 2.24) is 0 Å². The summed E-state index contributed by atoms with van der Waals surface area (Å²) in [6.45, 7) is -0.506. The first kappa shape index (κ1) is 11.8. The SMILES string of the molecule is COc1cc(C(O)C(O)CO)ccc1N. The number of rotatable bonds is 4. The molecule has 0 saturated heterocycles. The summed E-state index contributed by atoms with van der Waals surface area (Å²) in [6, 6.07) is 4.67. The summed E-state index contributed by atoms with van der Waals surface area (Å²) in [6.07, 6.45) is -2.36. The van der Waals surface area contributed by atoms with E-state index in [-0.39, 0.29) is 0 Å². The van der Waals surface area contributed by atoms with E-state index in [0.717, 1.165) is 0 Å². The number of nitrogens with two attached hydrogens (primary N) is 1. The van der Waals surface area contributed by atoms with Crippen LogP contribution in [0.4, 0.5) is 5.69 Å². The Morgan fingerprint density at radius 3 is 2.60 bits per heavy atom. The third kappa shape index (κ3) is 2.59. The van der Waals surface area contributed by atoms with Gasteiger partial charge >= 0.3 is 0 Å². The molecule has 2 atom stereocenters. The zero-order valence-electron chi connectivity index (χ0n) is 8.42. The minimum absolute atomic E-state index is 0.427. The Labute approximate surface area is 87.7 Å². The van der Waals surface area contributed by atoms with Gasteiger partial charge < -0.3 is 25.8 Å². The average molecular weight is 213 g/mol. The molecule has 0 radical (unpaired) electrons. The molecule has 0 saturated carbocycles. The van der Waals surface area contributed by atoms with Crippen LogP contribution in [-0.2, 0) is 0 Å². The van der Waals surface area contributed by atoms with E-state index in [1.165, 1.54) is 13.2 Å². The zero-order chi connectivity index (χ0) is 11.4. The van der Waals surface area contributed by atoms with Crippen LogP contribution in [0.15, 0.2) is 18.2 Å². The fourth-order valence-corrected chi connectivity index (χ4v) is 1.23. The van der Waals surface area contributed by atoms with Gasteiger partial charge in [-0.05, 0) is 17.7 Å². The lowest BCUT2D eigenvalue weighted by Crippen LogP contribution is -2.22. The highest BCUT2D eigenvalue weighted by atomic mass is 16.5. The lowest BCUT2D eigenvalue weighted by molar-refractivity contribution is -0.0153. The molecule has 0 aliphatic carbocycles. The number of aliphatic hydroxyl groups is 3. The topological polar surface area (TPSA) is 95.9 Å². The van der Waals surface area contributed by atoms with Gasteiger partial charge in [0.1, 0.15) is 18.0 Å². The van der Waals surface area contributed by atoms with Gasteiger partial charge in [-0.1, -0.05) is 6.07 Å². The number of aliphatic hydroxyl groups excluding tert-OH is 3. The van der Waals surface area contributed by atoms with Crippen LogP contribution in [0.1, 0.15) is 11.7 Å². The van der Waals surface area contributed by atoms with Crippen LogP contribution >= 0.6 is 0 Å². The predicted octanol–water partition coefficient (Wildman–Crippen LogP) is -0.336. The fourth-order valence-electron chi connectivity index (χ4n) is 1.23. The third-order valence-electron chi connectivity index (χ3n) is 2.15. The largest absolute Gasteiger partial charge is 0.495 e. The molecule has 1 aromatic rings. The van der Waals surface area contributed by atoms with Gasteiger partial charge in [-0.2, -0.15) is 0 Å². The first-order valence-electron chi connectivity index (χ1n) is 4.50. The molecule has 5 heteroatoms. The third-order valence-corrected chi connectivity index (χ3v) is 2.15. The summed E-state index contributed by atoms with van der Waals surface area (Å²) in [4.78, 5) is 0. The Bertz CT molecular complexity index is 329. The molecule has 0 spiro atoms. The van der Waals surface area contributed by atoms with Crippen LogP contribution in [-0.4, -0.2) is 35.1 Å². The average Bonchev–Trinajstić information content (AvgIpc) is 2.27. The van der Waals surface area contributed by atoms with Gasteiger partial charge in [0.05, 0.1) is 19.4 Å². The van der Waals surface area contributed by atoms with Crippen LogP contribution < -0.4 is 10.5 Å².